The molecule has 0 saturated heterocycles. The van der Waals surface area contributed by atoms with E-state index in [4.69, 9.17) is 10.1 Å². The third-order valence-corrected chi connectivity index (χ3v) is 6.32. The van der Waals surface area contributed by atoms with Crippen LogP contribution in [-0.4, -0.2) is 15.9 Å². The van der Waals surface area contributed by atoms with Crippen molar-refractivity contribution in [3.8, 4) is 11.3 Å². The van der Waals surface area contributed by atoms with Gasteiger partial charge in [0, 0.05) is 32.4 Å². The summed E-state index contributed by atoms with van der Waals surface area (Å²) < 4.78 is 13.6. The molecule has 5 heteroatoms. The Morgan fingerprint density at radius 2 is 1.75 bits per heavy atom. The van der Waals surface area contributed by atoms with Gasteiger partial charge in [0.1, 0.15) is 5.82 Å². The van der Waals surface area contributed by atoms with Crippen molar-refractivity contribution in [2.75, 3.05) is 0 Å². The number of hydrogen-bond donors (Lipinski definition) is 1. The zero-order chi connectivity index (χ0) is 25.3. The second kappa shape index (κ2) is 11.0. The molecule has 1 heterocycles. The standard InChI is InChI=1S/C26H23FN.C5H8O2.Ir/c1-26(2,3)24-15-18(13-16-5-4-6-21(16)24)25-23-9-7-17-14-19(27)8-10-20(17)22(23)11-12-28-25;1-4(6)3-5(2)7;/h7-12,14-15H,4-6H2,1-3H3;3,6H,1-2H3;/q-1;;/b;4-3-;. The van der Waals surface area contributed by atoms with Gasteiger partial charge in [-0.1, -0.05) is 51.8 Å². The first-order valence-corrected chi connectivity index (χ1v) is 12.0. The van der Waals surface area contributed by atoms with Crippen molar-refractivity contribution in [3.63, 3.8) is 0 Å². The number of pyridine rings is 1. The fourth-order valence-electron chi connectivity index (χ4n) is 4.88. The van der Waals surface area contributed by atoms with Crippen LogP contribution in [0, 0.1) is 11.9 Å². The molecule has 1 aliphatic rings. The largest absolute Gasteiger partial charge is 0.512 e. The minimum absolute atomic E-state index is 0. The van der Waals surface area contributed by atoms with Crippen molar-refractivity contribution in [3.05, 3.63) is 89.1 Å². The number of nitrogens with zero attached hydrogens (tertiary/aromatic N) is 1. The van der Waals surface area contributed by atoms with Crippen molar-refractivity contribution in [2.45, 2.75) is 59.3 Å². The van der Waals surface area contributed by atoms with Gasteiger partial charge in [-0.25, -0.2) is 4.39 Å². The molecule has 36 heavy (non-hydrogen) atoms. The maximum absolute atomic E-state index is 13.6. The van der Waals surface area contributed by atoms with E-state index in [-0.39, 0.29) is 42.9 Å². The van der Waals surface area contributed by atoms with Gasteiger partial charge in [-0.15, -0.1) is 34.4 Å². The molecule has 189 valence electrons. The average molecular weight is 661 g/mol. The Labute approximate surface area is 225 Å². The molecular formula is C31H31FIrNO2-. The normalized spacial score (nSPS) is 13.1. The number of rotatable bonds is 2. The Kier molecular flexibility index (Phi) is 8.48. The quantitative estimate of drug-likeness (QED) is 0.103. The zero-order valence-electron chi connectivity index (χ0n) is 21.3. The van der Waals surface area contributed by atoms with Crippen molar-refractivity contribution in [1.29, 1.82) is 0 Å². The number of fused-ring (bicyclic) bond motifs is 4. The summed E-state index contributed by atoms with van der Waals surface area (Å²) in [6.45, 7) is 9.69. The van der Waals surface area contributed by atoms with E-state index < -0.39 is 0 Å². The van der Waals surface area contributed by atoms with E-state index in [0.717, 1.165) is 45.6 Å². The monoisotopic (exact) mass is 661 g/mol. The predicted molar refractivity (Wildman–Crippen MR) is 141 cm³/mol. The molecule has 4 aromatic rings. The first kappa shape index (κ1) is 27.7. The third kappa shape index (κ3) is 5.91. The van der Waals surface area contributed by atoms with E-state index in [9.17, 15) is 9.18 Å². The number of ketones is 1. The fraction of sp³-hybridized carbons (Fsp3) is 0.290. The predicted octanol–water partition coefficient (Wildman–Crippen LogP) is 7.82. The Bertz CT molecular complexity index is 1460. The summed E-state index contributed by atoms with van der Waals surface area (Å²) in [5, 5.41) is 12.5. The molecule has 1 radical (unpaired) electrons. The van der Waals surface area contributed by atoms with Crippen LogP contribution in [0.15, 0.2) is 60.5 Å². The van der Waals surface area contributed by atoms with E-state index in [1.165, 1.54) is 49.1 Å². The summed E-state index contributed by atoms with van der Waals surface area (Å²) in [4.78, 5) is 14.8. The van der Waals surface area contributed by atoms with Crippen molar-refractivity contribution < 1.29 is 34.4 Å². The molecule has 0 fully saturated rings. The molecule has 3 nitrogen and oxygen atoms in total. The number of aliphatic hydroxyl groups is 1. The first-order valence-electron chi connectivity index (χ1n) is 12.0. The third-order valence-electron chi connectivity index (χ3n) is 6.32. The molecule has 0 aliphatic heterocycles. The number of allylic oxidation sites excluding steroid dienone is 2. The van der Waals surface area contributed by atoms with Crippen LogP contribution in [0.1, 0.15) is 57.7 Å². The number of aryl methyl sites for hydroxylation is 1. The van der Waals surface area contributed by atoms with Gasteiger partial charge in [0.15, 0.2) is 5.78 Å². The van der Waals surface area contributed by atoms with Crippen molar-refractivity contribution in [1.82, 2.24) is 4.98 Å². The summed E-state index contributed by atoms with van der Waals surface area (Å²) in [5.41, 5.74) is 6.37. The number of carbonyl (C=O) groups excluding carboxylic acids is 1. The van der Waals surface area contributed by atoms with Gasteiger partial charge in [0.05, 0.1) is 5.76 Å². The molecule has 0 bridgehead atoms. The Morgan fingerprint density at radius 1 is 1.03 bits per heavy atom. The van der Waals surface area contributed by atoms with Gasteiger partial charge < -0.3 is 10.1 Å². The molecule has 0 spiro atoms. The van der Waals surface area contributed by atoms with Crippen LogP contribution in [0.2, 0.25) is 0 Å². The molecule has 1 aromatic heterocycles. The van der Waals surface area contributed by atoms with Crippen molar-refractivity contribution in [2.24, 2.45) is 0 Å². The minimum atomic E-state index is -0.206. The maximum atomic E-state index is 13.6. The summed E-state index contributed by atoms with van der Waals surface area (Å²) >= 11 is 0. The van der Waals surface area contributed by atoms with E-state index in [1.54, 1.807) is 6.07 Å². The van der Waals surface area contributed by atoms with E-state index >= 15 is 0 Å². The SMILES string of the molecule is CC(=O)/C=C(/C)O.CC(C)(C)c1cc(-c2nccc3c2ccc2cc(F)ccc23)[c-]c2c1CCC2.[Ir]. The van der Waals surface area contributed by atoms with E-state index in [0.29, 0.717) is 0 Å². The molecule has 0 atom stereocenters. The summed E-state index contributed by atoms with van der Waals surface area (Å²) in [5.74, 6) is -0.268. The second-order valence-electron chi connectivity index (χ2n) is 10.2. The second-order valence-corrected chi connectivity index (χ2v) is 10.2. The molecule has 3 aromatic carbocycles. The summed E-state index contributed by atoms with van der Waals surface area (Å²) in [7, 11) is 0. The average Bonchev–Trinajstić information content (AvgIpc) is 3.25. The van der Waals surface area contributed by atoms with Gasteiger partial charge in [0.25, 0.3) is 0 Å². The van der Waals surface area contributed by atoms with Gasteiger partial charge in [-0.3, -0.25) is 4.79 Å². The topological polar surface area (TPSA) is 50.2 Å². The van der Waals surface area contributed by atoms with Crippen LogP contribution >= 0.6 is 0 Å². The molecule has 1 N–H and O–H groups in total. The Hall–Kier alpha value is -2.88. The number of hydrogen-bond acceptors (Lipinski definition) is 3. The van der Waals surface area contributed by atoms with Crippen LogP contribution in [0.5, 0.6) is 0 Å². The molecule has 1 aliphatic carbocycles. The van der Waals surface area contributed by atoms with Crippen molar-refractivity contribution >= 4 is 27.3 Å². The molecule has 0 unspecified atom stereocenters. The molecule has 5 rings (SSSR count). The van der Waals surface area contributed by atoms with Crippen LogP contribution in [0.4, 0.5) is 4.39 Å². The van der Waals surface area contributed by atoms with Gasteiger partial charge in [-0.05, 0) is 71.1 Å². The number of benzene rings is 3. The van der Waals surface area contributed by atoms with Crippen LogP contribution in [0.25, 0.3) is 32.8 Å². The van der Waals surface area contributed by atoms with Gasteiger partial charge in [0.2, 0.25) is 0 Å². The zero-order valence-corrected chi connectivity index (χ0v) is 23.7. The Balaban J connectivity index is 0.000000400. The maximum Gasteiger partial charge on any atom is 0.155 e. The minimum Gasteiger partial charge on any atom is -0.512 e. The number of aliphatic hydroxyl groups excluding tert-OH is 1. The number of aromatic nitrogens is 1. The van der Waals surface area contributed by atoms with Gasteiger partial charge >= 0.3 is 0 Å². The molecule has 0 amide bonds. The fourth-order valence-corrected chi connectivity index (χ4v) is 4.88. The van der Waals surface area contributed by atoms with Crippen LogP contribution in [-0.2, 0) is 43.2 Å². The van der Waals surface area contributed by atoms with Gasteiger partial charge in [-0.2, -0.15) is 0 Å². The van der Waals surface area contributed by atoms with E-state index in [2.05, 4.69) is 39.0 Å². The van der Waals surface area contributed by atoms with Crippen LogP contribution < -0.4 is 0 Å². The Morgan fingerprint density at radius 3 is 2.39 bits per heavy atom. The number of carbonyl (C=O) groups is 1. The van der Waals surface area contributed by atoms with Crippen LogP contribution in [0.3, 0.4) is 0 Å². The molecule has 0 saturated carbocycles. The smallest absolute Gasteiger partial charge is 0.155 e. The summed E-state index contributed by atoms with van der Waals surface area (Å²) in [6.07, 6.45) is 6.48. The molecular weight excluding hydrogens is 630 g/mol. The summed E-state index contributed by atoms with van der Waals surface area (Å²) in [6, 6.07) is 17.0. The van der Waals surface area contributed by atoms with E-state index in [1.807, 2.05) is 24.4 Å². The number of halogens is 1. The first-order chi connectivity index (χ1) is 16.5.